The van der Waals surface area contributed by atoms with Crippen LogP contribution >= 0.6 is 0 Å². The number of aryl methyl sites for hydroxylation is 1. The maximum atomic E-state index is 13.4. The first-order valence-corrected chi connectivity index (χ1v) is 8.33. The van der Waals surface area contributed by atoms with Gasteiger partial charge in [0.15, 0.2) is 0 Å². The van der Waals surface area contributed by atoms with Crippen molar-refractivity contribution in [1.82, 2.24) is 0 Å². The van der Waals surface area contributed by atoms with Gasteiger partial charge < -0.3 is 4.74 Å². The molecule has 0 amide bonds. The van der Waals surface area contributed by atoms with Crippen LogP contribution in [0.4, 0.5) is 10.1 Å². The number of fused-ring (bicyclic) bond motifs is 1. The molecule has 1 aliphatic rings. The van der Waals surface area contributed by atoms with Gasteiger partial charge in [0, 0.05) is 6.54 Å². The van der Waals surface area contributed by atoms with Gasteiger partial charge in [-0.1, -0.05) is 0 Å². The van der Waals surface area contributed by atoms with Gasteiger partial charge in [0.1, 0.15) is 11.6 Å². The summed E-state index contributed by atoms with van der Waals surface area (Å²) in [6.07, 6.45) is 0.631. The summed E-state index contributed by atoms with van der Waals surface area (Å²) in [5.74, 6) is 0.293. The Morgan fingerprint density at radius 3 is 2.64 bits per heavy atom. The van der Waals surface area contributed by atoms with E-state index in [9.17, 15) is 12.8 Å². The highest BCUT2D eigenvalue weighted by Crippen LogP contribution is 2.35. The summed E-state index contributed by atoms with van der Waals surface area (Å²) in [5.41, 5.74) is 1.90. The lowest BCUT2D eigenvalue weighted by Gasteiger charge is -2.20. The third-order valence-corrected chi connectivity index (χ3v) is 5.67. The highest BCUT2D eigenvalue weighted by molar-refractivity contribution is 7.92. The van der Waals surface area contributed by atoms with E-state index in [-0.39, 0.29) is 4.90 Å². The summed E-state index contributed by atoms with van der Waals surface area (Å²) >= 11 is 0. The van der Waals surface area contributed by atoms with E-state index in [1.54, 1.807) is 26.2 Å². The van der Waals surface area contributed by atoms with Crippen molar-refractivity contribution < 1.29 is 17.5 Å². The molecule has 3 rings (SSSR count). The maximum absolute atomic E-state index is 13.4. The first-order valence-electron chi connectivity index (χ1n) is 6.89. The number of benzene rings is 2. The van der Waals surface area contributed by atoms with E-state index in [1.165, 1.54) is 22.5 Å². The highest BCUT2D eigenvalue weighted by Gasteiger charge is 2.31. The molecule has 0 radical (unpaired) electrons. The second-order valence-electron chi connectivity index (χ2n) is 5.23. The number of ether oxygens (including phenoxy) is 1. The molecule has 0 aliphatic carbocycles. The Balaban J connectivity index is 2.03. The van der Waals surface area contributed by atoms with E-state index in [4.69, 9.17) is 4.74 Å². The van der Waals surface area contributed by atoms with E-state index in [2.05, 4.69) is 0 Å². The van der Waals surface area contributed by atoms with Crippen LogP contribution in [0.25, 0.3) is 0 Å². The molecule has 0 saturated heterocycles. The van der Waals surface area contributed by atoms with Gasteiger partial charge in [-0.25, -0.2) is 12.8 Å². The first-order chi connectivity index (χ1) is 10.4. The van der Waals surface area contributed by atoms with Crippen molar-refractivity contribution in [3.63, 3.8) is 0 Å². The van der Waals surface area contributed by atoms with Crippen molar-refractivity contribution >= 4 is 15.7 Å². The quantitative estimate of drug-likeness (QED) is 0.873. The Kier molecular flexibility index (Phi) is 3.56. The lowest BCUT2D eigenvalue weighted by molar-refractivity contribution is 0.414. The number of rotatable bonds is 3. The molecule has 6 heteroatoms. The number of nitrogens with zero attached hydrogens (tertiary/aromatic N) is 1. The molecule has 2 aromatic rings. The van der Waals surface area contributed by atoms with Gasteiger partial charge >= 0.3 is 0 Å². The Morgan fingerprint density at radius 1 is 1.18 bits per heavy atom. The Bertz CT molecular complexity index is 833. The van der Waals surface area contributed by atoms with Crippen LogP contribution < -0.4 is 9.04 Å². The van der Waals surface area contributed by atoms with Gasteiger partial charge in [-0.3, -0.25) is 4.31 Å². The fourth-order valence-electron chi connectivity index (χ4n) is 2.63. The van der Waals surface area contributed by atoms with Gasteiger partial charge in [0.2, 0.25) is 0 Å². The molecule has 1 aliphatic heterocycles. The zero-order valence-corrected chi connectivity index (χ0v) is 13.2. The molecule has 0 spiro atoms. The number of halogens is 1. The number of hydrogen-bond acceptors (Lipinski definition) is 3. The SMILES string of the molecule is COc1ccc2c(c1)CCN2S(=O)(=O)c1ccc(F)c(C)c1. The average molecular weight is 321 g/mol. The summed E-state index contributed by atoms with van der Waals surface area (Å²) in [4.78, 5) is 0.107. The average Bonchev–Trinajstić information content (AvgIpc) is 2.93. The maximum Gasteiger partial charge on any atom is 0.264 e. The monoisotopic (exact) mass is 321 g/mol. The number of anilines is 1. The van der Waals surface area contributed by atoms with Crippen LogP contribution in [0.5, 0.6) is 5.75 Å². The van der Waals surface area contributed by atoms with Crippen LogP contribution in [0, 0.1) is 12.7 Å². The van der Waals surface area contributed by atoms with Crippen LogP contribution in [0.3, 0.4) is 0 Å². The van der Waals surface area contributed by atoms with Crippen molar-refractivity contribution in [3.05, 3.63) is 53.3 Å². The number of sulfonamides is 1. The van der Waals surface area contributed by atoms with E-state index >= 15 is 0 Å². The van der Waals surface area contributed by atoms with Gasteiger partial charge in [0.25, 0.3) is 10.0 Å². The fourth-order valence-corrected chi connectivity index (χ4v) is 4.22. The van der Waals surface area contributed by atoms with Crippen LogP contribution in [0.1, 0.15) is 11.1 Å². The molecule has 2 aromatic carbocycles. The zero-order valence-electron chi connectivity index (χ0n) is 12.3. The topological polar surface area (TPSA) is 46.6 Å². The van der Waals surface area contributed by atoms with E-state index < -0.39 is 15.8 Å². The molecule has 0 saturated carbocycles. The van der Waals surface area contributed by atoms with E-state index in [0.717, 1.165) is 5.56 Å². The van der Waals surface area contributed by atoms with Crippen molar-refractivity contribution in [2.45, 2.75) is 18.2 Å². The molecular formula is C16H16FNO3S. The number of hydrogen-bond donors (Lipinski definition) is 0. The van der Waals surface area contributed by atoms with E-state index in [0.29, 0.717) is 30.0 Å². The molecular weight excluding hydrogens is 305 g/mol. The normalized spacial score (nSPS) is 14.0. The van der Waals surface area contributed by atoms with Crippen molar-refractivity contribution in [1.29, 1.82) is 0 Å². The molecule has 1 heterocycles. The smallest absolute Gasteiger partial charge is 0.264 e. The van der Waals surface area contributed by atoms with Gasteiger partial charge in [-0.15, -0.1) is 0 Å². The molecule has 4 nitrogen and oxygen atoms in total. The summed E-state index contributed by atoms with van der Waals surface area (Å²) < 4.78 is 45.5. The molecule has 0 bridgehead atoms. The second-order valence-corrected chi connectivity index (χ2v) is 7.10. The summed E-state index contributed by atoms with van der Waals surface area (Å²) in [6.45, 7) is 1.93. The van der Waals surface area contributed by atoms with Crippen molar-refractivity contribution in [3.8, 4) is 5.75 Å². The first kappa shape index (κ1) is 14.8. The predicted octanol–water partition coefficient (Wildman–Crippen LogP) is 2.89. The van der Waals surface area contributed by atoms with E-state index in [1.807, 2.05) is 6.07 Å². The van der Waals surface area contributed by atoms with Crippen molar-refractivity contribution in [2.24, 2.45) is 0 Å². The van der Waals surface area contributed by atoms with Gasteiger partial charge in [0.05, 0.1) is 17.7 Å². The summed E-state index contributed by atoms with van der Waals surface area (Å²) in [5, 5.41) is 0. The lowest BCUT2D eigenvalue weighted by atomic mass is 10.1. The van der Waals surface area contributed by atoms with Gasteiger partial charge in [-0.05, 0) is 60.9 Å². The van der Waals surface area contributed by atoms with Crippen LogP contribution in [-0.2, 0) is 16.4 Å². The molecule has 22 heavy (non-hydrogen) atoms. The molecule has 0 N–H and O–H groups in total. The minimum atomic E-state index is -3.69. The molecule has 0 aromatic heterocycles. The van der Waals surface area contributed by atoms with Crippen LogP contribution in [0.2, 0.25) is 0 Å². The van der Waals surface area contributed by atoms with Crippen LogP contribution in [0.15, 0.2) is 41.3 Å². The second kappa shape index (κ2) is 5.28. The van der Waals surface area contributed by atoms with Crippen LogP contribution in [-0.4, -0.2) is 22.1 Å². The number of methoxy groups -OCH3 is 1. The minimum Gasteiger partial charge on any atom is -0.497 e. The highest BCUT2D eigenvalue weighted by atomic mass is 32.2. The summed E-state index contributed by atoms with van der Waals surface area (Å²) in [6, 6.07) is 9.19. The fraction of sp³-hybridized carbons (Fsp3) is 0.250. The molecule has 0 fully saturated rings. The third-order valence-electron chi connectivity index (χ3n) is 3.86. The summed E-state index contributed by atoms with van der Waals surface area (Å²) in [7, 11) is -2.11. The largest absolute Gasteiger partial charge is 0.497 e. The van der Waals surface area contributed by atoms with Crippen molar-refractivity contribution in [2.75, 3.05) is 18.0 Å². The lowest BCUT2D eigenvalue weighted by Crippen LogP contribution is -2.29. The Labute approximate surface area is 129 Å². The Hall–Kier alpha value is -2.08. The standard InChI is InChI=1S/C16H16FNO3S/c1-11-9-14(4-5-15(11)17)22(19,20)18-8-7-12-10-13(21-2)3-6-16(12)18/h3-6,9-10H,7-8H2,1-2H3. The zero-order chi connectivity index (χ0) is 15.9. The minimum absolute atomic E-state index is 0.107. The third kappa shape index (κ3) is 2.33. The molecule has 116 valence electrons. The predicted molar refractivity (Wildman–Crippen MR) is 82.4 cm³/mol. The molecule has 0 unspecified atom stereocenters. The van der Waals surface area contributed by atoms with Gasteiger partial charge in [-0.2, -0.15) is 0 Å². The Morgan fingerprint density at radius 2 is 1.95 bits per heavy atom. The molecule has 0 atom stereocenters.